The predicted octanol–water partition coefficient (Wildman–Crippen LogP) is 3.65. The van der Waals surface area contributed by atoms with Gasteiger partial charge in [0.05, 0.1) is 17.7 Å². The van der Waals surface area contributed by atoms with E-state index < -0.39 is 0 Å². The van der Waals surface area contributed by atoms with Crippen LogP contribution in [0, 0.1) is 0 Å². The highest BCUT2D eigenvalue weighted by molar-refractivity contribution is 8.26. The van der Waals surface area contributed by atoms with E-state index in [2.05, 4.69) is 5.32 Å². The second kappa shape index (κ2) is 8.76. The normalized spacial score (nSPS) is 16.3. The maximum Gasteiger partial charge on any atom is 0.266 e. The molecule has 0 aliphatic carbocycles. The van der Waals surface area contributed by atoms with Gasteiger partial charge in [-0.05, 0) is 35.9 Å². The molecule has 1 saturated heterocycles. The molecule has 1 N–H and O–H groups in total. The number of nitrogens with zero attached hydrogens (tertiary/aromatic N) is 1. The zero-order valence-corrected chi connectivity index (χ0v) is 17.7. The molecule has 2 aliphatic heterocycles. The molecule has 2 aliphatic rings. The Hall–Kier alpha value is -3.04. The van der Waals surface area contributed by atoms with Crippen LogP contribution < -0.4 is 19.5 Å². The molecule has 2 aromatic carbocycles. The molecule has 7 nitrogen and oxygen atoms in total. The van der Waals surface area contributed by atoms with Crippen LogP contribution in [0.5, 0.6) is 17.2 Å². The Bertz CT molecular complexity index is 1050. The van der Waals surface area contributed by atoms with Gasteiger partial charge in [0.1, 0.15) is 10.1 Å². The van der Waals surface area contributed by atoms with Gasteiger partial charge in [-0.15, -0.1) is 0 Å². The number of methoxy groups -OCH3 is 1. The van der Waals surface area contributed by atoms with Gasteiger partial charge in [-0.25, -0.2) is 0 Å². The van der Waals surface area contributed by atoms with Crippen LogP contribution in [0.3, 0.4) is 0 Å². The number of ether oxygens (including phenoxy) is 3. The van der Waals surface area contributed by atoms with Gasteiger partial charge >= 0.3 is 0 Å². The molecule has 9 heteroatoms. The van der Waals surface area contributed by atoms with Crippen LogP contribution in [0.2, 0.25) is 0 Å². The summed E-state index contributed by atoms with van der Waals surface area (Å²) in [6.45, 7) is 0.391. The number of anilines is 1. The number of carbonyl (C=O) groups is 2. The quantitative estimate of drug-likeness (QED) is 0.540. The summed E-state index contributed by atoms with van der Waals surface area (Å²) in [5.41, 5.74) is 1.40. The van der Waals surface area contributed by atoms with Crippen molar-refractivity contribution in [3.63, 3.8) is 0 Å². The zero-order valence-electron chi connectivity index (χ0n) is 16.0. The number of fused-ring (bicyclic) bond motifs is 1. The van der Waals surface area contributed by atoms with Crippen molar-refractivity contribution in [2.24, 2.45) is 0 Å². The maximum atomic E-state index is 12.8. The van der Waals surface area contributed by atoms with Crippen LogP contribution >= 0.6 is 24.0 Å². The van der Waals surface area contributed by atoms with Crippen molar-refractivity contribution < 1.29 is 23.8 Å². The molecule has 0 atom stereocenters. The molecule has 2 heterocycles. The zero-order chi connectivity index (χ0) is 21.1. The molecule has 0 radical (unpaired) electrons. The summed E-state index contributed by atoms with van der Waals surface area (Å²) in [7, 11) is 1.54. The van der Waals surface area contributed by atoms with Crippen LogP contribution in [0.15, 0.2) is 47.4 Å². The molecule has 2 aromatic rings. The number of thiocarbonyl (C=S) groups is 1. The number of para-hydroxylation sites is 2. The fraction of sp³-hybridized carbons (Fsp3) is 0.190. The predicted molar refractivity (Wildman–Crippen MR) is 119 cm³/mol. The van der Waals surface area contributed by atoms with E-state index in [0.717, 1.165) is 5.56 Å². The average Bonchev–Trinajstić information content (AvgIpc) is 3.31. The Kier molecular flexibility index (Phi) is 5.91. The summed E-state index contributed by atoms with van der Waals surface area (Å²) in [6.07, 6.45) is 1.87. The van der Waals surface area contributed by atoms with Crippen LogP contribution in [0.25, 0.3) is 6.08 Å². The van der Waals surface area contributed by atoms with Crippen molar-refractivity contribution in [2.75, 3.05) is 25.8 Å². The van der Waals surface area contributed by atoms with Gasteiger partial charge in [-0.2, -0.15) is 0 Å². The Morgan fingerprint density at radius 3 is 2.90 bits per heavy atom. The molecular formula is C21H18N2O5S2. The van der Waals surface area contributed by atoms with Crippen LogP contribution in [-0.4, -0.2) is 41.5 Å². The minimum absolute atomic E-state index is 0.113. The number of hydrogen-bond acceptors (Lipinski definition) is 7. The number of carbonyl (C=O) groups excluding carboxylic acids is 2. The lowest BCUT2D eigenvalue weighted by atomic mass is 10.2. The first-order valence-corrected chi connectivity index (χ1v) is 10.4. The summed E-state index contributed by atoms with van der Waals surface area (Å²) in [5, 5.41) is 2.80. The third-order valence-corrected chi connectivity index (χ3v) is 5.89. The van der Waals surface area contributed by atoms with Crippen molar-refractivity contribution >= 4 is 51.9 Å². The molecule has 0 bridgehead atoms. The number of nitrogens with one attached hydrogen (secondary N) is 1. The fourth-order valence-electron chi connectivity index (χ4n) is 3.02. The lowest BCUT2D eigenvalue weighted by Gasteiger charge is -2.15. The minimum Gasteiger partial charge on any atom is -0.495 e. The molecule has 154 valence electrons. The molecule has 0 unspecified atom stereocenters. The Morgan fingerprint density at radius 2 is 2.07 bits per heavy atom. The highest BCUT2D eigenvalue weighted by Crippen LogP contribution is 2.36. The van der Waals surface area contributed by atoms with Crippen molar-refractivity contribution in [1.29, 1.82) is 0 Å². The molecular weight excluding hydrogens is 424 g/mol. The van der Waals surface area contributed by atoms with Crippen molar-refractivity contribution in [3.05, 3.63) is 52.9 Å². The van der Waals surface area contributed by atoms with Crippen molar-refractivity contribution in [3.8, 4) is 17.2 Å². The SMILES string of the molecule is COc1ccccc1NC(=O)CCN1C(=O)/C(=C/c2ccc3c(c2)OCO3)SC1=S. The lowest BCUT2D eigenvalue weighted by Crippen LogP contribution is -2.31. The monoisotopic (exact) mass is 442 g/mol. The molecule has 0 spiro atoms. The average molecular weight is 443 g/mol. The second-order valence-electron chi connectivity index (χ2n) is 6.44. The smallest absolute Gasteiger partial charge is 0.266 e. The van der Waals surface area contributed by atoms with Gasteiger partial charge < -0.3 is 19.5 Å². The van der Waals surface area contributed by atoms with E-state index in [4.69, 9.17) is 26.4 Å². The van der Waals surface area contributed by atoms with E-state index in [1.165, 1.54) is 23.8 Å². The van der Waals surface area contributed by atoms with Crippen LogP contribution in [0.1, 0.15) is 12.0 Å². The van der Waals surface area contributed by atoms with E-state index in [9.17, 15) is 9.59 Å². The number of benzene rings is 2. The topological polar surface area (TPSA) is 77.1 Å². The van der Waals surface area contributed by atoms with Gasteiger partial charge in [0.2, 0.25) is 12.7 Å². The van der Waals surface area contributed by atoms with Crippen LogP contribution in [-0.2, 0) is 9.59 Å². The molecule has 30 heavy (non-hydrogen) atoms. The third kappa shape index (κ3) is 4.27. The third-order valence-electron chi connectivity index (χ3n) is 4.51. The summed E-state index contributed by atoms with van der Waals surface area (Å²) in [4.78, 5) is 27.1. The fourth-order valence-corrected chi connectivity index (χ4v) is 4.33. The van der Waals surface area contributed by atoms with Gasteiger partial charge in [-0.1, -0.05) is 42.2 Å². The number of amides is 2. The molecule has 4 rings (SSSR count). The van der Waals surface area contributed by atoms with E-state index in [1.807, 2.05) is 18.2 Å². The summed E-state index contributed by atoms with van der Waals surface area (Å²) < 4.78 is 16.3. The van der Waals surface area contributed by atoms with E-state index in [1.54, 1.807) is 30.3 Å². The van der Waals surface area contributed by atoms with E-state index in [-0.39, 0.29) is 31.6 Å². The number of rotatable bonds is 6. The largest absolute Gasteiger partial charge is 0.495 e. The van der Waals surface area contributed by atoms with Crippen LogP contribution in [0.4, 0.5) is 5.69 Å². The Labute approximate surface area is 183 Å². The molecule has 1 fully saturated rings. The van der Waals surface area contributed by atoms with Gasteiger partial charge in [0.25, 0.3) is 5.91 Å². The molecule has 0 saturated carbocycles. The first kappa shape index (κ1) is 20.2. The summed E-state index contributed by atoms with van der Waals surface area (Å²) in [5.74, 6) is 1.46. The first-order valence-electron chi connectivity index (χ1n) is 9.13. The highest BCUT2D eigenvalue weighted by Gasteiger charge is 2.32. The van der Waals surface area contributed by atoms with Crippen molar-refractivity contribution in [1.82, 2.24) is 4.90 Å². The summed E-state index contributed by atoms with van der Waals surface area (Å²) in [6, 6.07) is 12.6. The first-order chi connectivity index (χ1) is 14.5. The maximum absolute atomic E-state index is 12.8. The summed E-state index contributed by atoms with van der Waals surface area (Å²) >= 11 is 6.56. The van der Waals surface area contributed by atoms with Gasteiger partial charge in [-0.3, -0.25) is 14.5 Å². The standard InChI is InChI=1S/C21H18N2O5S2/c1-26-15-5-3-2-4-14(15)22-19(24)8-9-23-20(25)18(30-21(23)29)11-13-6-7-16-17(10-13)28-12-27-16/h2-7,10-11H,8-9,12H2,1H3,(H,22,24)/b18-11-. The van der Waals surface area contributed by atoms with Gasteiger partial charge in [0.15, 0.2) is 11.5 Å². The van der Waals surface area contributed by atoms with Gasteiger partial charge in [0, 0.05) is 13.0 Å². The van der Waals surface area contributed by atoms with E-state index in [0.29, 0.717) is 32.2 Å². The highest BCUT2D eigenvalue weighted by atomic mass is 32.2. The lowest BCUT2D eigenvalue weighted by molar-refractivity contribution is -0.122. The van der Waals surface area contributed by atoms with Crippen molar-refractivity contribution in [2.45, 2.75) is 6.42 Å². The number of thioether (sulfide) groups is 1. The van der Waals surface area contributed by atoms with E-state index >= 15 is 0 Å². The number of hydrogen-bond donors (Lipinski definition) is 1. The molecule has 2 amide bonds. The minimum atomic E-state index is -0.228. The second-order valence-corrected chi connectivity index (χ2v) is 8.12. The Morgan fingerprint density at radius 1 is 1.27 bits per heavy atom. The molecule has 0 aromatic heterocycles. The Balaban J connectivity index is 1.39.